The minimum absolute atomic E-state index is 0.204. The molecule has 186 valence electrons. The number of hydrogen-bond donors (Lipinski definition) is 0. The van der Waals surface area contributed by atoms with Gasteiger partial charge in [-0.2, -0.15) is 8.78 Å². The van der Waals surface area contributed by atoms with Crippen LogP contribution in [-0.2, 0) is 18.8 Å². The van der Waals surface area contributed by atoms with Crippen LogP contribution in [0.15, 0.2) is 35.7 Å². The van der Waals surface area contributed by atoms with Crippen molar-refractivity contribution in [1.82, 2.24) is 0 Å². The first-order chi connectivity index (χ1) is 17.0. The van der Waals surface area contributed by atoms with Crippen LogP contribution in [0.3, 0.4) is 0 Å². The van der Waals surface area contributed by atoms with Crippen LogP contribution < -0.4 is 0 Å². The van der Waals surface area contributed by atoms with Gasteiger partial charge in [0.25, 0.3) is 0 Å². The lowest BCUT2D eigenvalue weighted by atomic mass is 10.0. The molecular formula is C29H32F2S4. The Hall–Kier alpha value is -1.34. The van der Waals surface area contributed by atoms with Crippen LogP contribution in [0.5, 0.6) is 0 Å². The van der Waals surface area contributed by atoms with Crippen molar-refractivity contribution in [2.24, 2.45) is 0 Å². The Labute approximate surface area is 223 Å². The van der Waals surface area contributed by atoms with Crippen LogP contribution in [0.1, 0.15) is 86.1 Å². The molecule has 0 N–H and O–H groups in total. The number of hydrogen-bond acceptors (Lipinski definition) is 4. The Morgan fingerprint density at radius 1 is 0.686 bits per heavy atom. The second-order valence-electron chi connectivity index (χ2n) is 9.43. The number of unbranched alkanes of at least 4 members (excludes halogenated alkanes) is 6. The van der Waals surface area contributed by atoms with E-state index in [2.05, 4.69) is 32.0 Å². The second kappa shape index (κ2) is 11.0. The van der Waals surface area contributed by atoms with Crippen molar-refractivity contribution >= 4 is 45.3 Å². The summed E-state index contributed by atoms with van der Waals surface area (Å²) < 4.78 is 31.6. The Morgan fingerprint density at radius 3 is 1.97 bits per heavy atom. The minimum atomic E-state index is -2.93. The summed E-state index contributed by atoms with van der Waals surface area (Å²) in [6, 6.07) is 10.2. The molecule has 6 heteroatoms. The molecule has 0 amide bonds. The number of halogens is 2. The summed E-state index contributed by atoms with van der Waals surface area (Å²) in [6.45, 7) is 4.44. The molecule has 0 bridgehead atoms. The molecule has 0 spiro atoms. The first-order valence-corrected chi connectivity index (χ1v) is 16.2. The van der Waals surface area contributed by atoms with Gasteiger partial charge in [-0.25, -0.2) is 0 Å². The molecule has 0 unspecified atom stereocenters. The summed E-state index contributed by atoms with van der Waals surface area (Å²) in [5.41, 5.74) is 1.17. The van der Waals surface area contributed by atoms with Crippen LogP contribution in [0.2, 0.25) is 0 Å². The highest BCUT2D eigenvalue weighted by Crippen LogP contribution is 2.61. The summed E-state index contributed by atoms with van der Waals surface area (Å²) >= 11 is 6.48. The highest BCUT2D eigenvalue weighted by Gasteiger charge is 2.49. The van der Waals surface area contributed by atoms with Crippen molar-refractivity contribution in [3.63, 3.8) is 0 Å². The van der Waals surface area contributed by atoms with Crippen molar-refractivity contribution in [1.29, 1.82) is 0 Å². The molecule has 0 aromatic carbocycles. The number of fused-ring (bicyclic) bond motifs is 3. The Bertz CT molecular complexity index is 1270. The maximum Gasteiger partial charge on any atom is 0.301 e. The average Bonchev–Trinajstić information content (AvgIpc) is 3.65. The lowest BCUT2D eigenvalue weighted by molar-refractivity contribution is 0.0491. The molecule has 0 atom stereocenters. The number of thiophene rings is 4. The fourth-order valence-electron chi connectivity index (χ4n) is 4.82. The summed E-state index contributed by atoms with van der Waals surface area (Å²) in [6.07, 6.45) is 12.0. The molecule has 4 aromatic rings. The van der Waals surface area contributed by atoms with Crippen molar-refractivity contribution in [2.45, 2.75) is 84.0 Å². The van der Waals surface area contributed by atoms with Gasteiger partial charge >= 0.3 is 5.92 Å². The average molecular weight is 547 g/mol. The van der Waals surface area contributed by atoms with E-state index in [1.165, 1.54) is 83.8 Å². The summed E-state index contributed by atoms with van der Waals surface area (Å²) in [5.74, 6) is -2.93. The van der Waals surface area contributed by atoms with Crippen LogP contribution in [0.4, 0.5) is 8.78 Å². The highest BCUT2D eigenvalue weighted by atomic mass is 32.1. The minimum Gasteiger partial charge on any atom is -0.196 e. The van der Waals surface area contributed by atoms with Crippen molar-refractivity contribution in [3.8, 4) is 29.9 Å². The third-order valence-electron chi connectivity index (χ3n) is 6.77. The first kappa shape index (κ1) is 25.3. The van der Waals surface area contributed by atoms with Gasteiger partial charge in [0, 0.05) is 40.9 Å². The van der Waals surface area contributed by atoms with Gasteiger partial charge in [0.05, 0.1) is 15.3 Å². The quantitative estimate of drug-likeness (QED) is 0.155. The smallest absolute Gasteiger partial charge is 0.196 e. The van der Waals surface area contributed by atoms with E-state index in [-0.39, 0.29) is 11.1 Å². The fourth-order valence-corrected chi connectivity index (χ4v) is 9.56. The maximum atomic E-state index is 15.8. The third kappa shape index (κ3) is 5.09. The van der Waals surface area contributed by atoms with E-state index in [0.717, 1.165) is 42.8 Å². The topological polar surface area (TPSA) is 0 Å². The van der Waals surface area contributed by atoms with Gasteiger partial charge in [0.1, 0.15) is 0 Å². The third-order valence-corrected chi connectivity index (χ3v) is 11.6. The summed E-state index contributed by atoms with van der Waals surface area (Å²) in [4.78, 5) is 7.28. The monoisotopic (exact) mass is 546 g/mol. The molecule has 0 aliphatic heterocycles. The lowest BCUT2D eigenvalue weighted by Crippen LogP contribution is -2.10. The normalized spacial score (nSPS) is 13.9. The number of rotatable bonds is 12. The predicted octanol–water partition coefficient (Wildman–Crippen LogP) is 11.6. The fraction of sp³-hybridized carbons (Fsp3) is 0.448. The Balaban J connectivity index is 1.36. The molecule has 5 rings (SSSR count). The van der Waals surface area contributed by atoms with Crippen molar-refractivity contribution in [2.75, 3.05) is 0 Å². The molecule has 0 fully saturated rings. The van der Waals surface area contributed by atoms with Crippen molar-refractivity contribution in [3.05, 3.63) is 56.6 Å². The van der Waals surface area contributed by atoms with Gasteiger partial charge in [-0.15, -0.1) is 45.3 Å². The molecule has 0 nitrogen and oxygen atoms in total. The highest BCUT2D eigenvalue weighted by molar-refractivity contribution is 7.26. The standard InChI is InChI=1S/C29H32F2S4/c1-3-5-7-9-11-19-13-15-23(33-19)21-18-32-28-26(21)29(30,31)22-17-25(35-27(22)28)24-16-14-20(34-24)12-10-8-6-4-2/h13-18H,3-12H2,1-2H3. The lowest BCUT2D eigenvalue weighted by Gasteiger charge is -2.12. The molecule has 1 aliphatic rings. The van der Waals surface area contributed by atoms with E-state index in [0.29, 0.717) is 0 Å². The van der Waals surface area contributed by atoms with Crippen LogP contribution in [0.25, 0.3) is 29.9 Å². The summed E-state index contributed by atoms with van der Waals surface area (Å²) in [7, 11) is 0. The molecule has 4 heterocycles. The van der Waals surface area contributed by atoms with Crippen LogP contribution in [0, 0.1) is 0 Å². The Morgan fingerprint density at radius 2 is 1.31 bits per heavy atom. The van der Waals surface area contributed by atoms with Gasteiger partial charge in [-0.3, -0.25) is 0 Å². The van der Waals surface area contributed by atoms with Gasteiger partial charge in [-0.05, 0) is 56.0 Å². The summed E-state index contributed by atoms with van der Waals surface area (Å²) in [5, 5.41) is 1.95. The second-order valence-corrected chi connectivity index (χ2v) is 13.7. The van der Waals surface area contributed by atoms with Gasteiger partial charge < -0.3 is 0 Å². The first-order valence-electron chi connectivity index (χ1n) is 12.9. The zero-order valence-corrected chi connectivity index (χ0v) is 23.7. The zero-order chi connectivity index (χ0) is 24.4. The van der Waals surface area contributed by atoms with Crippen LogP contribution in [-0.4, -0.2) is 0 Å². The molecule has 1 aliphatic carbocycles. The van der Waals surface area contributed by atoms with Gasteiger partial charge in [-0.1, -0.05) is 52.4 Å². The number of aryl methyl sites for hydroxylation is 2. The zero-order valence-electron chi connectivity index (χ0n) is 20.4. The van der Waals surface area contributed by atoms with E-state index in [1.807, 2.05) is 11.4 Å². The van der Waals surface area contributed by atoms with Crippen LogP contribution >= 0.6 is 45.3 Å². The molecule has 0 saturated carbocycles. The van der Waals surface area contributed by atoms with E-state index >= 15 is 8.78 Å². The van der Waals surface area contributed by atoms with Gasteiger partial charge in [0.15, 0.2) is 0 Å². The predicted molar refractivity (Wildman–Crippen MR) is 153 cm³/mol. The van der Waals surface area contributed by atoms with E-state index in [4.69, 9.17) is 0 Å². The molecular weight excluding hydrogens is 515 g/mol. The SMILES string of the molecule is CCCCCCc1ccc(-c2cc3c(s2)-c2scc(-c4ccc(CCCCCC)s4)c2C3(F)F)s1. The van der Waals surface area contributed by atoms with Gasteiger partial charge in [0.2, 0.25) is 0 Å². The molecule has 4 aromatic heterocycles. The van der Waals surface area contributed by atoms with Crippen molar-refractivity contribution < 1.29 is 8.78 Å². The molecule has 35 heavy (non-hydrogen) atoms. The molecule has 0 saturated heterocycles. The van der Waals surface area contributed by atoms with E-state index in [1.54, 1.807) is 28.7 Å². The molecule has 0 radical (unpaired) electrons. The largest absolute Gasteiger partial charge is 0.301 e. The number of alkyl halides is 2. The Kier molecular flexibility index (Phi) is 7.93. The van der Waals surface area contributed by atoms with E-state index in [9.17, 15) is 0 Å². The van der Waals surface area contributed by atoms with E-state index < -0.39 is 5.92 Å². The maximum absolute atomic E-state index is 15.8.